The van der Waals surface area contributed by atoms with Crippen molar-refractivity contribution in [3.8, 4) is 5.75 Å². The summed E-state index contributed by atoms with van der Waals surface area (Å²) >= 11 is 6.01. The predicted molar refractivity (Wildman–Crippen MR) is 103 cm³/mol. The standard InChI is InChI=1S/C17H26ClNO.C2H2O4/c1-4-9-15-14-16(18)10-11-17(15)20-13-8-7-12-19(5-2)6-3;3-1(4)2(5)6/h4,10-11,14H,1,5-9,12-13H2,2-3H3;(H,3,4)(H,5,6). The fraction of sp³-hybridized carbons (Fsp3) is 0.474. The van der Waals surface area contributed by atoms with Crippen LogP contribution in [0.4, 0.5) is 0 Å². The Bertz CT molecular complexity index is 561. The van der Waals surface area contributed by atoms with Gasteiger partial charge in [-0.2, -0.15) is 0 Å². The first kappa shape index (κ1) is 23.9. The Hall–Kier alpha value is -2.05. The number of aliphatic carboxylic acids is 2. The summed E-state index contributed by atoms with van der Waals surface area (Å²) < 4.78 is 5.87. The maximum atomic E-state index is 9.10. The maximum Gasteiger partial charge on any atom is 0.414 e. The smallest absolute Gasteiger partial charge is 0.414 e. The number of unbranched alkanes of at least 4 members (excludes halogenated alkanes) is 1. The number of halogens is 1. The Morgan fingerprint density at radius 1 is 1.19 bits per heavy atom. The lowest BCUT2D eigenvalue weighted by Crippen LogP contribution is -2.24. The Kier molecular flexibility index (Phi) is 13.0. The molecule has 6 nitrogen and oxygen atoms in total. The zero-order valence-corrected chi connectivity index (χ0v) is 16.2. The molecule has 0 fully saturated rings. The van der Waals surface area contributed by atoms with Gasteiger partial charge in [0.25, 0.3) is 0 Å². The van der Waals surface area contributed by atoms with E-state index in [2.05, 4.69) is 25.3 Å². The van der Waals surface area contributed by atoms with Crippen molar-refractivity contribution in [2.24, 2.45) is 0 Å². The van der Waals surface area contributed by atoms with Crippen molar-refractivity contribution in [2.75, 3.05) is 26.2 Å². The quantitative estimate of drug-likeness (QED) is 0.362. The van der Waals surface area contributed by atoms with Gasteiger partial charge in [0.2, 0.25) is 0 Å². The van der Waals surface area contributed by atoms with Crippen LogP contribution in [0.3, 0.4) is 0 Å². The summed E-state index contributed by atoms with van der Waals surface area (Å²) in [6.45, 7) is 12.3. The van der Waals surface area contributed by atoms with Crippen LogP contribution in [0, 0.1) is 0 Å². The number of allylic oxidation sites excluding steroid dienone is 1. The van der Waals surface area contributed by atoms with Crippen molar-refractivity contribution in [2.45, 2.75) is 33.1 Å². The normalized spacial score (nSPS) is 10.0. The molecule has 0 spiro atoms. The van der Waals surface area contributed by atoms with E-state index >= 15 is 0 Å². The molecule has 0 atom stereocenters. The average Bonchev–Trinajstić information content (AvgIpc) is 2.60. The highest BCUT2D eigenvalue weighted by Crippen LogP contribution is 2.23. The monoisotopic (exact) mass is 385 g/mol. The molecule has 0 aliphatic rings. The van der Waals surface area contributed by atoms with Crippen LogP contribution in [0.5, 0.6) is 5.75 Å². The molecule has 1 rings (SSSR count). The molecule has 0 aliphatic heterocycles. The molecule has 0 aromatic heterocycles. The van der Waals surface area contributed by atoms with Crippen LogP contribution in [0.15, 0.2) is 30.9 Å². The van der Waals surface area contributed by atoms with Crippen LogP contribution in [0.25, 0.3) is 0 Å². The van der Waals surface area contributed by atoms with E-state index in [-0.39, 0.29) is 0 Å². The van der Waals surface area contributed by atoms with Gasteiger partial charge in [-0.15, -0.1) is 6.58 Å². The van der Waals surface area contributed by atoms with E-state index in [1.165, 1.54) is 6.42 Å². The molecule has 26 heavy (non-hydrogen) atoms. The average molecular weight is 386 g/mol. The number of rotatable bonds is 10. The van der Waals surface area contributed by atoms with Gasteiger partial charge in [0.05, 0.1) is 6.61 Å². The summed E-state index contributed by atoms with van der Waals surface area (Å²) in [5.41, 5.74) is 1.11. The van der Waals surface area contributed by atoms with Gasteiger partial charge in [-0.1, -0.05) is 31.5 Å². The minimum Gasteiger partial charge on any atom is -0.493 e. The van der Waals surface area contributed by atoms with Crippen LogP contribution in [-0.2, 0) is 16.0 Å². The van der Waals surface area contributed by atoms with Gasteiger partial charge in [-0.3, -0.25) is 0 Å². The van der Waals surface area contributed by atoms with E-state index in [1.54, 1.807) is 0 Å². The third-order valence-electron chi connectivity index (χ3n) is 3.59. The molecule has 1 aromatic rings. The number of carbonyl (C=O) groups is 2. The molecule has 0 heterocycles. The summed E-state index contributed by atoms with van der Waals surface area (Å²) in [7, 11) is 0. The Balaban J connectivity index is 0.000000896. The van der Waals surface area contributed by atoms with Crippen molar-refractivity contribution in [1.82, 2.24) is 4.90 Å². The highest BCUT2D eigenvalue weighted by molar-refractivity contribution is 6.30. The van der Waals surface area contributed by atoms with Gasteiger partial charge in [0.15, 0.2) is 0 Å². The number of benzene rings is 1. The largest absolute Gasteiger partial charge is 0.493 e. The first-order chi connectivity index (χ1) is 12.3. The molecule has 0 radical (unpaired) electrons. The second kappa shape index (κ2) is 14.2. The SMILES string of the molecule is C=CCc1cc(Cl)ccc1OCCCCN(CC)CC.O=C(O)C(=O)O. The second-order valence-corrected chi connectivity index (χ2v) is 5.87. The highest BCUT2D eigenvalue weighted by Gasteiger charge is 2.05. The minimum absolute atomic E-state index is 0.746. The molecule has 1 aromatic carbocycles. The van der Waals surface area contributed by atoms with Crippen molar-refractivity contribution < 1.29 is 24.5 Å². The number of ether oxygens (including phenoxy) is 1. The van der Waals surface area contributed by atoms with Gasteiger partial charge < -0.3 is 19.8 Å². The van der Waals surface area contributed by atoms with E-state index in [9.17, 15) is 0 Å². The van der Waals surface area contributed by atoms with Gasteiger partial charge in [-0.05, 0) is 62.7 Å². The van der Waals surface area contributed by atoms with Crippen LogP contribution in [0.1, 0.15) is 32.3 Å². The molecule has 2 N–H and O–H groups in total. The van der Waals surface area contributed by atoms with Gasteiger partial charge >= 0.3 is 11.9 Å². The van der Waals surface area contributed by atoms with E-state index in [1.807, 2.05) is 24.3 Å². The van der Waals surface area contributed by atoms with Gasteiger partial charge in [0.1, 0.15) is 5.75 Å². The minimum atomic E-state index is -1.82. The lowest BCUT2D eigenvalue weighted by Gasteiger charge is -2.17. The fourth-order valence-electron chi connectivity index (χ4n) is 2.16. The molecular formula is C19H28ClNO5. The Morgan fingerprint density at radius 3 is 2.31 bits per heavy atom. The molecular weight excluding hydrogens is 358 g/mol. The first-order valence-corrected chi connectivity index (χ1v) is 8.94. The number of nitrogens with zero attached hydrogens (tertiary/aromatic N) is 1. The van der Waals surface area contributed by atoms with Crippen LogP contribution in [0.2, 0.25) is 5.02 Å². The molecule has 0 aliphatic carbocycles. The lowest BCUT2D eigenvalue weighted by molar-refractivity contribution is -0.159. The number of hydrogen-bond acceptors (Lipinski definition) is 4. The maximum absolute atomic E-state index is 9.10. The lowest BCUT2D eigenvalue weighted by atomic mass is 10.1. The van der Waals surface area contributed by atoms with Crippen LogP contribution in [-0.4, -0.2) is 53.3 Å². The van der Waals surface area contributed by atoms with Gasteiger partial charge in [-0.25, -0.2) is 9.59 Å². The van der Waals surface area contributed by atoms with E-state index in [4.69, 9.17) is 36.1 Å². The fourth-order valence-corrected chi connectivity index (χ4v) is 2.36. The van der Waals surface area contributed by atoms with E-state index < -0.39 is 11.9 Å². The topological polar surface area (TPSA) is 87.1 Å². The molecule has 0 amide bonds. The third-order valence-corrected chi connectivity index (χ3v) is 3.83. The van der Waals surface area contributed by atoms with E-state index in [0.717, 1.165) is 55.4 Å². The Labute approximate surface area is 160 Å². The number of carboxylic acids is 2. The zero-order chi connectivity index (χ0) is 19.9. The van der Waals surface area contributed by atoms with E-state index in [0.29, 0.717) is 0 Å². The van der Waals surface area contributed by atoms with Gasteiger partial charge in [0, 0.05) is 5.02 Å². The molecule has 0 saturated carbocycles. The van der Waals surface area contributed by atoms with Crippen molar-refractivity contribution in [3.05, 3.63) is 41.4 Å². The summed E-state index contributed by atoms with van der Waals surface area (Å²) in [6, 6.07) is 5.78. The molecule has 7 heteroatoms. The third kappa shape index (κ3) is 10.7. The number of carboxylic acid groups (broad SMARTS) is 2. The zero-order valence-electron chi connectivity index (χ0n) is 15.4. The second-order valence-electron chi connectivity index (χ2n) is 5.44. The van der Waals surface area contributed by atoms with Crippen molar-refractivity contribution in [3.63, 3.8) is 0 Å². The summed E-state index contributed by atoms with van der Waals surface area (Å²) in [6.07, 6.45) is 4.91. The Morgan fingerprint density at radius 2 is 1.81 bits per heavy atom. The first-order valence-electron chi connectivity index (χ1n) is 8.56. The molecule has 0 unspecified atom stereocenters. The molecule has 0 saturated heterocycles. The van der Waals surface area contributed by atoms with Crippen molar-refractivity contribution >= 4 is 23.5 Å². The molecule has 0 bridgehead atoms. The van der Waals surface area contributed by atoms with Crippen LogP contribution < -0.4 is 4.74 Å². The summed E-state index contributed by atoms with van der Waals surface area (Å²) in [5.74, 6) is -2.72. The number of hydrogen-bond donors (Lipinski definition) is 2. The predicted octanol–water partition coefficient (Wildman–Crippen LogP) is 3.72. The summed E-state index contributed by atoms with van der Waals surface area (Å²) in [4.78, 5) is 20.6. The summed E-state index contributed by atoms with van der Waals surface area (Å²) in [5, 5.41) is 15.5. The molecule has 146 valence electrons. The van der Waals surface area contributed by atoms with Crippen molar-refractivity contribution in [1.29, 1.82) is 0 Å². The highest BCUT2D eigenvalue weighted by atomic mass is 35.5. The van der Waals surface area contributed by atoms with Crippen LogP contribution >= 0.6 is 11.6 Å².